The van der Waals surface area contributed by atoms with Gasteiger partial charge in [-0.3, -0.25) is 4.79 Å². The second kappa shape index (κ2) is 5.36. The van der Waals surface area contributed by atoms with Crippen LogP contribution >= 0.6 is 0 Å². The summed E-state index contributed by atoms with van der Waals surface area (Å²) in [5.74, 6) is 0.660. The summed E-state index contributed by atoms with van der Waals surface area (Å²) in [6.07, 6.45) is 4.95. The minimum atomic E-state index is -0.574. The first kappa shape index (κ1) is 12.8. The molecule has 1 amide bonds. The standard InChI is InChI=1S/C13H24N2O2/c1-2-15(9-11-5-8-17-10-11)12(16)13(14)6-3-4-7-13/h11H,2-10,14H2,1H3. The lowest BCUT2D eigenvalue weighted by Gasteiger charge is -2.32. The maximum Gasteiger partial charge on any atom is 0.242 e. The van der Waals surface area contributed by atoms with Crippen LogP contribution in [0.2, 0.25) is 0 Å². The molecule has 4 nitrogen and oxygen atoms in total. The fourth-order valence-electron chi connectivity index (χ4n) is 2.93. The molecular weight excluding hydrogens is 216 g/mol. The molecule has 0 aromatic carbocycles. The monoisotopic (exact) mass is 240 g/mol. The molecule has 0 radical (unpaired) electrons. The molecule has 1 aliphatic heterocycles. The number of nitrogens with two attached hydrogens (primary N) is 1. The van der Waals surface area contributed by atoms with Gasteiger partial charge in [0, 0.05) is 25.6 Å². The molecule has 1 atom stereocenters. The highest BCUT2D eigenvalue weighted by molar-refractivity contribution is 5.86. The first-order valence-corrected chi connectivity index (χ1v) is 6.82. The van der Waals surface area contributed by atoms with E-state index in [1.807, 2.05) is 11.8 Å². The van der Waals surface area contributed by atoms with Gasteiger partial charge in [0.25, 0.3) is 0 Å². The molecule has 1 saturated carbocycles. The lowest BCUT2D eigenvalue weighted by molar-refractivity contribution is -0.137. The van der Waals surface area contributed by atoms with Gasteiger partial charge in [-0.25, -0.2) is 0 Å². The molecule has 0 bridgehead atoms. The second-order valence-corrected chi connectivity index (χ2v) is 5.44. The number of rotatable bonds is 4. The van der Waals surface area contributed by atoms with Gasteiger partial charge in [-0.2, -0.15) is 0 Å². The van der Waals surface area contributed by atoms with Gasteiger partial charge in [-0.15, -0.1) is 0 Å². The van der Waals surface area contributed by atoms with E-state index in [0.29, 0.717) is 5.92 Å². The molecule has 0 aromatic heterocycles. The van der Waals surface area contributed by atoms with Crippen molar-refractivity contribution in [2.75, 3.05) is 26.3 Å². The Balaban J connectivity index is 1.94. The average molecular weight is 240 g/mol. The topological polar surface area (TPSA) is 55.6 Å². The van der Waals surface area contributed by atoms with E-state index in [1.165, 1.54) is 0 Å². The van der Waals surface area contributed by atoms with Gasteiger partial charge in [0.05, 0.1) is 12.1 Å². The van der Waals surface area contributed by atoms with Gasteiger partial charge < -0.3 is 15.4 Å². The van der Waals surface area contributed by atoms with E-state index in [0.717, 1.165) is 58.4 Å². The van der Waals surface area contributed by atoms with Crippen molar-refractivity contribution < 1.29 is 9.53 Å². The molecule has 4 heteroatoms. The van der Waals surface area contributed by atoms with E-state index in [-0.39, 0.29) is 5.91 Å². The summed E-state index contributed by atoms with van der Waals surface area (Å²) in [5.41, 5.74) is 5.66. The zero-order chi connectivity index (χ0) is 12.3. The van der Waals surface area contributed by atoms with Gasteiger partial charge in [0.15, 0.2) is 0 Å². The van der Waals surface area contributed by atoms with Gasteiger partial charge in [0.1, 0.15) is 0 Å². The number of amides is 1. The third-order valence-corrected chi connectivity index (χ3v) is 4.09. The van der Waals surface area contributed by atoms with Crippen LogP contribution < -0.4 is 5.73 Å². The quantitative estimate of drug-likeness (QED) is 0.802. The van der Waals surface area contributed by atoms with Crippen LogP contribution in [0.3, 0.4) is 0 Å². The van der Waals surface area contributed by atoms with E-state index in [9.17, 15) is 4.79 Å². The zero-order valence-corrected chi connectivity index (χ0v) is 10.8. The lowest BCUT2D eigenvalue weighted by atomic mass is 9.96. The number of carbonyl (C=O) groups excluding carboxylic acids is 1. The first-order valence-electron chi connectivity index (χ1n) is 6.82. The highest BCUT2D eigenvalue weighted by Gasteiger charge is 2.40. The van der Waals surface area contributed by atoms with E-state index in [4.69, 9.17) is 10.5 Å². The molecule has 17 heavy (non-hydrogen) atoms. The first-order chi connectivity index (χ1) is 8.15. The number of likely N-dealkylation sites (N-methyl/N-ethyl adjacent to an activating group) is 1. The largest absolute Gasteiger partial charge is 0.381 e. The van der Waals surface area contributed by atoms with Gasteiger partial charge in [0.2, 0.25) is 5.91 Å². The summed E-state index contributed by atoms with van der Waals surface area (Å²) in [6, 6.07) is 0. The summed E-state index contributed by atoms with van der Waals surface area (Å²) in [6.45, 7) is 5.24. The van der Waals surface area contributed by atoms with Crippen molar-refractivity contribution in [1.82, 2.24) is 4.90 Å². The molecule has 1 saturated heterocycles. The summed E-state index contributed by atoms with van der Waals surface area (Å²) < 4.78 is 5.36. The summed E-state index contributed by atoms with van der Waals surface area (Å²) >= 11 is 0. The highest BCUT2D eigenvalue weighted by Crippen LogP contribution is 2.29. The van der Waals surface area contributed by atoms with E-state index in [2.05, 4.69) is 0 Å². The normalized spacial score (nSPS) is 27.3. The minimum Gasteiger partial charge on any atom is -0.381 e. The fraction of sp³-hybridized carbons (Fsp3) is 0.923. The molecule has 1 unspecified atom stereocenters. The van der Waals surface area contributed by atoms with Gasteiger partial charge >= 0.3 is 0 Å². The predicted octanol–water partition coefficient (Wildman–Crippen LogP) is 1.14. The molecule has 0 spiro atoms. The Morgan fingerprint density at radius 3 is 2.71 bits per heavy atom. The Morgan fingerprint density at radius 2 is 2.18 bits per heavy atom. The maximum absolute atomic E-state index is 12.4. The molecule has 2 rings (SSSR count). The highest BCUT2D eigenvalue weighted by atomic mass is 16.5. The number of hydrogen-bond acceptors (Lipinski definition) is 3. The van der Waals surface area contributed by atoms with Crippen LogP contribution in [0, 0.1) is 5.92 Å². The number of nitrogens with zero attached hydrogens (tertiary/aromatic N) is 1. The Labute approximate surface area is 103 Å². The van der Waals surface area contributed by atoms with Crippen molar-refractivity contribution in [3.05, 3.63) is 0 Å². The van der Waals surface area contributed by atoms with Crippen molar-refractivity contribution in [2.45, 2.75) is 44.6 Å². The summed E-state index contributed by atoms with van der Waals surface area (Å²) in [7, 11) is 0. The van der Waals surface area contributed by atoms with Crippen molar-refractivity contribution >= 4 is 5.91 Å². The van der Waals surface area contributed by atoms with Crippen molar-refractivity contribution in [1.29, 1.82) is 0 Å². The molecule has 98 valence electrons. The second-order valence-electron chi connectivity index (χ2n) is 5.44. The van der Waals surface area contributed by atoms with Gasteiger partial charge in [-0.05, 0) is 26.2 Å². The third-order valence-electron chi connectivity index (χ3n) is 4.09. The fourth-order valence-corrected chi connectivity index (χ4v) is 2.93. The van der Waals surface area contributed by atoms with Crippen LogP contribution in [0.5, 0.6) is 0 Å². The van der Waals surface area contributed by atoms with Crippen LogP contribution in [0.1, 0.15) is 39.0 Å². The van der Waals surface area contributed by atoms with Crippen LogP contribution in [0.25, 0.3) is 0 Å². The van der Waals surface area contributed by atoms with Crippen molar-refractivity contribution in [2.24, 2.45) is 11.7 Å². The molecular formula is C13H24N2O2. The smallest absolute Gasteiger partial charge is 0.242 e. The van der Waals surface area contributed by atoms with Crippen molar-refractivity contribution in [3.63, 3.8) is 0 Å². The molecule has 2 N–H and O–H groups in total. The Kier molecular flexibility index (Phi) is 4.05. The predicted molar refractivity (Wildman–Crippen MR) is 66.6 cm³/mol. The molecule has 0 aromatic rings. The molecule has 2 aliphatic rings. The zero-order valence-electron chi connectivity index (χ0n) is 10.8. The van der Waals surface area contributed by atoms with Crippen LogP contribution in [0.15, 0.2) is 0 Å². The number of hydrogen-bond donors (Lipinski definition) is 1. The average Bonchev–Trinajstić information content (AvgIpc) is 2.97. The lowest BCUT2D eigenvalue weighted by Crippen LogP contribution is -2.54. The third kappa shape index (κ3) is 2.80. The van der Waals surface area contributed by atoms with Crippen molar-refractivity contribution in [3.8, 4) is 0 Å². The SMILES string of the molecule is CCN(CC1CCOC1)C(=O)C1(N)CCCC1. The number of carbonyl (C=O) groups is 1. The molecule has 1 aliphatic carbocycles. The minimum absolute atomic E-state index is 0.157. The number of ether oxygens (including phenoxy) is 1. The Bertz CT molecular complexity index is 269. The summed E-state index contributed by atoms with van der Waals surface area (Å²) in [5, 5.41) is 0. The van der Waals surface area contributed by atoms with E-state index >= 15 is 0 Å². The van der Waals surface area contributed by atoms with E-state index in [1.54, 1.807) is 0 Å². The molecule has 2 fully saturated rings. The Hall–Kier alpha value is -0.610. The maximum atomic E-state index is 12.4. The van der Waals surface area contributed by atoms with E-state index < -0.39 is 5.54 Å². The van der Waals surface area contributed by atoms with Crippen LogP contribution in [0.4, 0.5) is 0 Å². The van der Waals surface area contributed by atoms with Crippen LogP contribution in [-0.4, -0.2) is 42.6 Å². The van der Waals surface area contributed by atoms with Gasteiger partial charge in [-0.1, -0.05) is 12.8 Å². The Morgan fingerprint density at radius 1 is 1.47 bits per heavy atom. The molecule has 1 heterocycles. The van der Waals surface area contributed by atoms with Crippen LogP contribution in [-0.2, 0) is 9.53 Å². The summed E-state index contributed by atoms with van der Waals surface area (Å²) in [4.78, 5) is 14.4.